The van der Waals surface area contributed by atoms with Crippen LogP contribution in [0.4, 0.5) is 0 Å². The predicted molar refractivity (Wildman–Crippen MR) is 54.9 cm³/mol. The Labute approximate surface area is 85.1 Å². The first-order chi connectivity index (χ1) is 6.42. The van der Waals surface area contributed by atoms with Crippen molar-refractivity contribution in [1.29, 1.82) is 0 Å². The molecule has 0 bridgehead atoms. The van der Waals surface area contributed by atoms with E-state index < -0.39 is 0 Å². The minimum absolute atomic E-state index is 0.0356. The number of carbonyl (C=O) groups is 1. The van der Waals surface area contributed by atoms with Gasteiger partial charge in [-0.3, -0.25) is 4.79 Å². The lowest BCUT2D eigenvalue weighted by atomic mass is 10.1. The van der Waals surface area contributed by atoms with Crippen molar-refractivity contribution >= 4 is 5.91 Å². The van der Waals surface area contributed by atoms with Gasteiger partial charge in [0, 0.05) is 11.6 Å². The molecule has 0 radical (unpaired) electrons. The summed E-state index contributed by atoms with van der Waals surface area (Å²) in [6.07, 6.45) is 1.69. The molecule has 0 aromatic carbocycles. The van der Waals surface area contributed by atoms with Crippen molar-refractivity contribution in [3.05, 3.63) is 0 Å². The summed E-state index contributed by atoms with van der Waals surface area (Å²) < 4.78 is 0. The van der Waals surface area contributed by atoms with Crippen LogP contribution in [0.5, 0.6) is 0 Å². The highest BCUT2D eigenvalue weighted by atomic mass is 16.3. The van der Waals surface area contributed by atoms with Gasteiger partial charge in [-0.25, -0.2) is 0 Å². The lowest BCUT2D eigenvalue weighted by molar-refractivity contribution is -0.124. The van der Waals surface area contributed by atoms with E-state index in [4.69, 9.17) is 5.11 Å². The fourth-order valence-corrected chi connectivity index (χ4v) is 1.63. The van der Waals surface area contributed by atoms with E-state index in [2.05, 4.69) is 10.6 Å². The monoisotopic (exact) mass is 200 g/mol. The second-order valence-corrected chi connectivity index (χ2v) is 4.92. The Morgan fingerprint density at radius 2 is 2.14 bits per heavy atom. The number of aliphatic hydroxyl groups excluding tert-OH is 1. The van der Waals surface area contributed by atoms with Crippen LogP contribution < -0.4 is 10.6 Å². The Bertz CT molecular complexity index is 211. The van der Waals surface area contributed by atoms with Gasteiger partial charge in [-0.1, -0.05) is 0 Å². The number of aliphatic hydroxyl groups is 1. The SMILES string of the molecule is CC(C)(C)NC(=O)[C@@H]1CC[C@H](CO)N1. The first kappa shape index (κ1) is 11.5. The first-order valence-electron chi connectivity index (χ1n) is 5.11. The average molecular weight is 200 g/mol. The lowest BCUT2D eigenvalue weighted by Crippen LogP contribution is -2.50. The molecule has 0 aromatic heterocycles. The molecule has 1 saturated heterocycles. The van der Waals surface area contributed by atoms with E-state index >= 15 is 0 Å². The standard InChI is InChI=1S/C10H20N2O2/c1-10(2,3)12-9(14)8-5-4-7(6-13)11-8/h7-8,11,13H,4-6H2,1-3H3,(H,12,14)/t7-,8+/m1/s1. The van der Waals surface area contributed by atoms with Crippen molar-refractivity contribution < 1.29 is 9.90 Å². The summed E-state index contributed by atoms with van der Waals surface area (Å²) in [6.45, 7) is 6.00. The summed E-state index contributed by atoms with van der Waals surface area (Å²) in [5, 5.41) is 14.9. The predicted octanol–water partition coefficient (Wildman–Crippen LogP) is 0.0140. The second-order valence-electron chi connectivity index (χ2n) is 4.92. The summed E-state index contributed by atoms with van der Waals surface area (Å²) in [4.78, 5) is 11.7. The Morgan fingerprint density at radius 3 is 2.57 bits per heavy atom. The molecule has 1 aliphatic rings. The van der Waals surface area contributed by atoms with Crippen LogP contribution >= 0.6 is 0 Å². The lowest BCUT2D eigenvalue weighted by Gasteiger charge is -2.23. The van der Waals surface area contributed by atoms with Crippen LogP contribution in [0.25, 0.3) is 0 Å². The fourth-order valence-electron chi connectivity index (χ4n) is 1.63. The minimum atomic E-state index is -0.184. The third kappa shape index (κ3) is 3.27. The Kier molecular flexibility index (Phi) is 3.50. The van der Waals surface area contributed by atoms with Gasteiger partial charge in [0.05, 0.1) is 12.6 Å². The zero-order chi connectivity index (χ0) is 10.8. The molecular formula is C10H20N2O2. The molecule has 0 unspecified atom stereocenters. The van der Waals surface area contributed by atoms with Gasteiger partial charge in [-0.05, 0) is 33.6 Å². The minimum Gasteiger partial charge on any atom is -0.395 e. The van der Waals surface area contributed by atoms with Crippen LogP contribution in [0.2, 0.25) is 0 Å². The maximum atomic E-state index is 11.7. The van der Waals surface area contributed by atoms with Crippen molar-refractivity contribution in [2.75, 3.05) is 6.61 Å². The molecule has 4 heteroatoms. The Hall–Kier alpha value is -0.610. The molecule has 82 valence electrons. The molecule has 14 heavy (non-hydrogen) atoms. The smallest absolute Gasteiger partial charge is 0.237 e. The van der Waals surface area contributed by atoms with Crippen LogP contribution in [-0.2, 0) is 4.79 Å². The van der Waals surface area contributed by atoms with Gasteiger partial charge in [-0.2, -0.15) is 0 Å². The van der Waals surface area contributed by atoms with Crippen LogP contribution in [0.3, 0.4) is 0 Å². The van der Waals surface area contributed by atoms with E-state index in [1.165, 1.54) is 0 Å². The van der Waals surface area contributed by atoms with Gasteiger partial charge < -0.3 is 15.7 Å². The van der Waals surface area contributed by atoms with E-state index in [1.54, 1.807) is 0 Å². The van der Waals surface area contributed by atoms with Gasteiger partial charge in [0.15, 0.2) is 0 Å². The highest BCUT2D eigenvalue weighted by Crippen LogP contribution is 2.13. The second kappa shape index (κ2) is 4.28. The molecule has 0 saturated carbocycles. The van der Waals surface area contributed by atoms with Crippen molar-refractivity contribution in [1.82, 2.24) is 10.6 Å². The molecule has 3 N–H and O–H groups in total. The van der Waals surface area contributed by atoms with Crippen molar-refractivity contribution in [2.45, 2.75) is 51.2 Å². The summed E-state index contributed by atoms with van der Waals surface area (Å²) in [5.74, 6) is 0.0356. The number of hydrogen-bond acceptors (Lipinski definition) is 3. The topological polar surface area (TPSA) is 61.4 Å². The largest absolute Gasteiger partial charge is 0.395 e. The van der Waals surface area contributed by atoms with Crippen molar-refractivity contribution in [3.63, 3.8) is 0 Å². The number of rotatable bonds is 2. The molecule has 1 fully saturated rings. The van der Waals surface area contributed by atoms with Gasteiger partial charge >= 0.3 is 0 Å². The van der Waals surface area contributed by atoms with Gasteiger partial charge in [0.25, 0.3) is 0 Å². The van der Waals surface area contributed by atoms with Gasteiger partial charge in [0.1, 0.15) is 0 Å². The summed E-state index contributed by atoms with van der Waals surface area (Å²) in [5.41, 5.74) is -0.184. The molecular weight excluding hydrogens is 180 g/mol. The molecule has 0 spiro atoms. The Morgan fingerprint density at radius 1 is 1.50 bits per heavy atom. The van der Waals surface area contributed by atoms with Gasteiger partial charge in [-0.15, -0.1) is 0 Å². The van der Waals surface area contributed by atoms with Gasteiger partial charge in [0.2, 0.25) is 5.91 Å². The molecule has 1 aliphatic heterocycles. The summed E-state index contributed by atoms with van der Waals surface area (Å²) >= 11 is 0. The average Bonchev–Trinajstić information content (AvgIpc) is 2.48. The highest BCUT2D eigenvalue weighted by Gasteiger charge is 2.30. The molecule has 0 aromatic rings. The number of amides is 1. The molecule has 4 nitrogen and oxygen atoms in total. The fraction of sp³-hybridized carbons (Fsp3) is 0.900. The zero-order valence-corrected chi connectivity index (χ0v) is 9.13. The van der Waals surface area contributed by atoms with Crippen LogP contribution in [0, 0.1) is 0 Å². The quantitative estimate of drug-likeness (QED) is 0.588. The van der Waals surface area contributed by atoms with Crippen LogP contribution in [0.15, 0.2) is 0 Å². The van der Waals surface area contributed by atoms with E-state index in [9.17, 15) is 4.79 Å². The maximum absolute atomic E-state index is 11.7. The highest BCUT2D eigenvalue weighted by molar-refractivity contribution is 5.82. The van der Waals surface area contributed by atoms with E-state index in [-0.39, 0.29) is 30.1 Å². The summed E-state index contributed by atoms with van der Waals surface area (Å²) in [6, 6.07) is -0.0444. The zero-order valence-electron chi connectivity index (χ0n) is 9.13. The third-order valence-corrected chi connectivity index (χ3v) is 2.28. The first-order valence-corrected chi connectivity index (χ1v) is 5.11. The van der Waals surface area contributed by atoms with Crippen LogP contribution in [0.1, 0.15) is 33.6 Å². The Balaban J connectivity index is 2.40. The number of carbonyl (C=O) groups excluding carboxylic acids is 1. The normalized spacial score (nSPS) is 27.7. The third-order valence-electron chi connectivity index (χ3n) is 2.28. The van der Waals surface area contributed by atoms with Crippen molar-refractivity contribution in [2.24, 2.45) is 0 Å². The molecule has 1 rings (SSSR count). The number of nitrogens with one attached hydrogen (secondary N) is 2. The molecule has 1 heterocycles. The van der Waals surface area contributed by atoms with Crippen LogP contribution in [-0.4, -0.2) is 35.2 Å². The maximum Gasteiger partial charge on any atom is 0.237 e. The molecule has 2 atom stereocenters. The molecule has 1 amide bonds. The molecule has 0 aliphatic carbocycles. The number of hydrogen-bond donors (Lipinski definition) is 3. The summed E-state index contributed by atoms with van der Waals surface area (Å²) in [7, 11) is 0. The van der Waals surface area contributed by atoms with E-state index in [0.717, 1.165) is 12.8 Å². The van der Waals surface area contributed by atoms with Crippen molar-refractivity contribution in [3.8, 4) is 0 Å². The van der Waals surface area contributed by atoms with E-state index in [1.807, 2.05) is 20.8 Å². The van der Waals surface area contributed by atoms with E-state index in [0.29, 0.717) is 0 Å².